The van der Waals surface area contributed by atoms with Crippen LogP contribution in [0.2, 0.25) is 0 Å². The van der Waals surface area contributed by atoms with Gasteiger partial charge in [-0.05, 0) is 45.0 Å². The summed E-state index contributed by atoms with van der Waals surface area (Å²) in [6.45, 7) is 6.04. The topological polar surface area (TPSA) is 40.5 Å². The van der Waals surface area contributed by atoms with Gasteiger partial charge in [0.05, 0.1) is 0 Å². The van der Waals surface area contributed by atoms with Crippen molar-refractivity contribution < 1.29 is 9.90 Å². The molecule has 0 aliphatic rings. The molecule has 1 aromatic rings. The lowest BCUT2D eigenvalue weighted by atomic mass is 10.0. The van der Waals surface area contributed by atoms with Crippen LogP contribution in [0.4, 0.5) is 0 Å². The molecule has 1 N–H and O–H groups in total. The average molecular weight is 300 g/mol. The Morgan fingerprint density at radius 3 is 2.53 bits per heavy atom. The van der Waals surface area contributed by atoms with Gasteiger partial charge in [-0.25, -0.2) is 0 Å². The summed E-state index contributed by atoms with van der Waals surface area (Å²) in [5, 5.41) is 9.15. The third-order valence-electron chi connectivity index (χ3n) is 3.09. The lowest BCUT2D eigenvalue weighted by Crippen LogP contribution is -2.47. The monoisotopic (exact) mass is 299 g/mol. The molecule has 17 heavy (non-hydrogen) atoms. The van der Waals surface area contributed by atoms with Gasteiger partial charge in [0.2, 0.25) is 0 Å². The number of hydrogen-bond acceptors (Lipinski definition) is 2. The van der Waals surface area contributed by atoms with Crippen LogP contribution in [0, 0.1) is 6.92 Å². The first kappa shape index (κ1) is 14.2. The van der Waals surface area contributed by atoms with Crippen molar-refractivity contribution in [2.45, 2.75) is 32.9 Å². The SMILES string of the molecule is Cc1ccc(CN(C)C(C)(C)C(=O)O)c(Br)c1. The molecule has 0 saturated carbocycles. The predicted octanol–water partition coefficient (Wildman–Crippen LogP) is 3.05. The maximum Gasteiger partial charge on any atom is 0.323 e. The molecule has 1 aromatic carbocycles. The Morgan fingerprint density at radius 2 is 2.06 bits per heavy atom. The minimum atomic E-state index is -0.871. The van der Waals surface area contributed by atoms with E-state index in [2.05, 4.69) is 15.9 Å². The van der Waals surface area contributed by atoms with Crippen LogP contribution in [0.5, 0.6) is 0 Å². The van der Waals surface area contributed by atoms with E-state index in [9.17, 15) is 4.79 Å². The molecule has 94 valence electrons. The van der Waals surface area contributed by atoms with Crippen molar-refractivity contribution in [3.63, 3.8) is 0 Å². The zero-order valence-electron chi connectivity index (χ0n) is 10.6. The van der Waals surface area contributed by atoms with Crippen LogP contribution in [-0.2, 0) is 11.3 Å². The third-order valence-corrected chi connectivity index (χ3v) is 3.83. The van der Waals surface area contributed by atoms with Crippen LogP contribution in [-0.4, -0.2) is 28.6 Å². The fourth-order valence-corrected chi connectivity index (χ4v) is 2.02. The molecule has 0 spiro atoms. The first-order chi connectivity index (χ1) is 7.75. The minimum absolute atomic E-state index is 0.597. The number of aliphatic carboxylic acids is 1. The van der Waals surface area contributed by atoms with E-state index in [1.165, 1.54) is 5.56 Å². The maximum atomic E-state index is 11.1. The summed E-state index contributed by atoms with van der Waals surface area (Å²) in [6.07, 6.45) is 0. The van der Waals surface area contributed by atoms with Crippen LogP contribution >= 0.6 is 15.9 Å². The molecule has 0 aliphatic heterocycles. The molecule has 0 bridgehead atoms. The van der Waals surface area contributed by atoms with Crippen LogP contribution in [0.1, 0.15) is 25.0 Å². The van der Waals surface area contributed by atoms with Crippen molar-refractivity contribution in [3.8, 4) is 0 Å². The highest BCUT2D eigenvalue weighted by molar-refractivity contribution is 9.10. The average Bonchev–Trinajstić information content (AvgIpc) is 2.21. The zero-order chi connectivity index (χ0) is 13.2. The molecular formula is C13H18BrNO2. The second kappa shape index (κ2) is 5.19. The highest BCUT2D eigenvalue weighted by Gasteiger charge is 2.32. The number of aryl methyl sites for hydroxylation is 1. The lowest BCUT2D eigenvalue weighted by molar-refractivity contribution is -0.148. The summed E-state index contributed by atoms with van der Waals surface area (Å²) in [5.74, 6) is -0.816. The molecule has 0 amide bonds. The fourth-order valence-electron chi connectivity index (χ4n) is 1.40. The Labute approximate surface area is 111 Å². The second-order valence-corrected chi connectivity index (χ2v) is 5.67. The van der Waals surface area contributed by atoms with Crippen LogP contribution in [0.15, 0.2) is 22.7 Å². The molecule has 1 rings (SSSR count). The van der Waals surface area contributed by atoms with E-state index < -0.39 is 11.5 Å². The summed E-state index contributed by atoms with van der Waals surface area (Å²) in [6, 6.07) is 6.09. The Hall–Kier alpha value is -0.870. The summed E-state index contributed by atoms with van der Waals surface area (Å²) < 4.78 is 1.02. The Bertz CT molecular complexity index is 429. The van der Waals surface area contributed by atoms with Gasteiger partial charge in [0.1, 0.15) is 5.54 Å². The molecule has 0 fully saturated rings. The van der Waals surface area contributed by atoms with Crippen molar-refractivity contribution in [2.75, 3.05) is 7.05 Å². The number of carboxylic acid groups (broad SMARTS) is 1. The quantitative estimate of drug-likeness (QED) is 0.929. The number of carboxylic acids is 1. The normalized spacial score (nSPS) is 11.9. The number of halogens is 1. The van der Waals surface area contributed by atoms with Crippen molar-refractivity contribution in [2.24, 2.45) is 0 Å². The van der Waals surface area contributed by atoms with E-state index >= 15 is 0 Å². The van der Waals surface area contributed by atoms with Crippen molar-refractivity contribution in [3.05, 3.63) is 33.8 Å². The molecule has 4 heteroatoms. The van der Waals surface area contributed by atoms with Crippen molar-refractivity contribution in [1.82, 2.24) is 4.90 Å². The largest absolute Gasteiger partial charge is 0.480 e. The Kier molecular flexibility index (Phi) is 4.33. The van der Waals surface area contributed by atoms with Gasteiger partial charge in [-0.1, -0.05) is 28.1 Å². The number of likely N-dealkylation sites (N-methyl/N-ethyl adjacent to an activating group) is 1. The number of hydrogen-bond donors (Lipinski definition) is 1. The maximum absolute atomic E-state index is 11.1. The van der Waals surface area contributed by atoms with E-state index in [4.69, 9.17) is 5.11 Å². The highest BCUT2D eigenvalue weighted by atomic mass is 79.9. The number of benzene rings is 1. The predicted molar refractivity (Wildman–Crippen MR) is 72.1 cm³/mol. The zero-order valence-corrected chi connectivity index (χ0v) is 12.2. The molecule has 0 aromatic heterocycles. The Morgan fingerprint density at radius 1 is 1.47 bits per heavy atom. The van der Waals surface area contributed by atoms with E-state index in [1.54, 1.807) is 13.8 Å². The van der Waals surface area contributed by atoms with Gasteiger partial charge in [0, 0.05) is 11.0 Å². The van der Waals surface area contributed by atoms with E-state index in [0.717, 1.165) is 10.0 Å². The van der Waals surface area contributed by atoms with Gasteiger partial charge < -0.3 is 5.11 Å². The molecule has 0 unspecified atom stereocenters. The standard InChI is InChI=1S/C13H18BrNO2/c1-9-5-6-10(11(14)7-9)8-15(4)13(2,3)12(16)17/h5-7H,8H2,1-4H3,(H,16,17). The van der Waals surface area contributed by atoms with Gasteiger partial charge in [-0.15, -0.1) is 0 Å². The van der Waals surface area contributed by atoms with Gasteiger partial charge in [0.25, 0.3) is 0 Å². The van der Waals surface area contributed by atoms with Gasteiger partial charge in [0.15, 0.2) is 0 Å². The molecule has 0 saturated heterocycles. The van der Waals surface area contributed by atoms with Gasteiger partial charge >= 0.3 is 5.97 Å². The molecular weight excluding hydrogens is 282 g/mol. The van der Waals surface area contributed by atoms with Crippen LogP contribution in [0.3, 0.4) is 0 Å². The number of nitrogens with zero attached hydrogens (tertiary/aromatic N) is 1. The summed E-state index contributed by atoms with van der Waals surface area (Å²) in [5.41, 5.74) is 1.40. The molecule has 0 heterocycles. The molecule has 3 nitrogen and oxygen atoms in total. The van der Waals surface area contributed by atoms with Gasteiger partial charge in [-0.3, -0.25) is 9.69 Å². The van der Waals surface area contributed by atoms with Crippen molar-refractivity contribution >= 4 is 21.9 Å². The van der Waals surface area contributed by atoms with Crippen LogP contribution in [0.25, 0.3) is 0 Å². The number of carbonyl (C=O) groups is 1. The number of rotatable bonds is 4. The fraction of sp³-hybridized carbons (Fsp3) is 0.462. The molecule has 0 aliphatic carbocycles. The van der Waals surface area contributed by atoms with E-state index in [0.29, 0.717) is 6.54 Å². The minimum Gasteiger partial charge on any atom is -0.480 e. The molecule has 0 radical (unpaired) electrons. The first-order valence-electron chi connectivity index (χ1n) is 5.45. The van der Waals surface area contributed by atoms with E-state index in [1.807, 2.05) is 37.1 Å². The highest BCUT2D eigenvalue weighted by Crippen LogP contribution is 2.23. The van der Waals surface area contributed by atoms with Crippen LogP contribution < -0.4 is 0 Å². The van der Waals surface area contributed by atoms with Gasteiger partial charge in [-0.2, -0.15) is 0 Å². The third kappa shape index (κ3) is 3.30. The smallest absolute Gasteiger partial charge is 0.323 e. The summed E-state index contributed by atoms with van der Waals surface area (Å²) in [4.78, 5) is 13.0. The Balaban J connectivity index is 2.88. The second-order valence-electron chi connectivity index (χ2n) is 4.82. The molecule has 0 atom stereocenters. The lowest BCUT2D eigenvalue weighted by Gasteiger charge is -2.31. The van der Waals surface area contributed by atoms with E-state index in [-0.39, 0.29) is 0 Å². The summed E-state index contributed by atoms with van der Waals surface area (Å²) in [7, 11) is 1.82. The summed E-state index contributed by atoms with van der Waals surface area (Å²) >= 11 is 3.51. The first-order valence-corrected chi connectivity index (χ1v) is 6.24. The van der Waals surface area contributed by atoms with Crippen molar-refractivity contribution in [1.29, 1.82) is 0 Å².